The lowest BCUT2D eigenvalue weighted by molar-refractivity contribution is -0.157. The van der Waals surface area contributed by atoms with Crippen LogP contribution in [0.2, 0.25) is 0 Å². The van der Waals surface area contributed by atoms with Crippen LogP contribution in [-0.2, 0) is 21.4 Å². The standard InChI is InChI=1S/C30H38N2O4/c1-17(33)36-21-11-13-29(2)19(15-21)7-10-22-24(29)12-14-30(3)25(22)16-23-26(31-28(34)32-27(23)30)18-5-8-20(35-4)9-6-18/h5-6,8-9,19,21-22,24-25H,7,10-16H2,1-4H3,(H,31,32,34)/t19-,21-,22+,24-,25-,29-,30-/m0/s1. The van der Waals surface area contributed by atoms with Crippen LogP contribution in [0.15, 0.2) is 29.1 Å². The maximum atomic E-state index is 12.8. The maximum absolute atomic E-state index is 12.8. The van der Waals surface area contributed by atoms with Crippen LogP contribution in [0.1, 0.15) is 77.0 Å². The van der Waals surface area contributed by atoms with E-state index in [9.17, 15) is 9.59 Å². The van der Waals surface area contributed by atoms with Crippen LogP contribution in [-0.4, -0.2) is 29.2 Å². The number of hydrogen-bond acceptors (Lipinski definition) is 5. The fraction of sp³-hybridized carbons (Fsp3) is 0.633. The summed E-state index contributed by atoms with van der Waals surface area (Å²) in [5, 5.41) is 0. The lowest BCUT2D eigenvalue weighted by Gasteiger charge is -2.60. The number of aromatic amines is 1. The molecule has 6 rings (SSSR count). The molecule has 1 heterocycles. The van der Waals surface area contributed by atoms with E-state index < -0.39 is 0 Å². The lowest BCUT2D eigenvalue weighted by Crippen LogP contribution is -2.54. The number of esters is 1. The number of aromatic nitrogens is 2. The van der Waals surface area contributed by atoms with Gasteiger partial charge in [-0.2, -0.15) is 4.98 Å². The fourth-order valence-electron chi connectivity index (χ4n) is 8.96. The molecule has 0 amide bonds. The summed E-state index contributed by atoms with van der Waals surface area (Å²) in [4.78, 5) is 32.0. The number of fused-ring (bicyclic) bond motifs is 7. The van der Waals surface area contributed by atoms with E-state index in [2.05, 4.69) is 23.8 Å². The van der Waals surface area contributed by atoms with Gasteiger partial charge in [-0.15, -0.1) is 0 Å². The minimum Gasteiger partial charge on any atom is -0.497 e. The first kappa shape index (κ1) is 23.7. The summed E-state index contributed by atoms with van der Waals surface area (Å²) >= 11 is 0. The van der Waals surface area contributed by atoms with Crippen LogP contribution >= 0.6 is 0 Å². The van der Waals surface area contributed by atoms with Gasteiger partial charge < -0.3 is 14.5 Å². The number of nitrogens with one attached hydrogen (secondary N) is 1. The predicted octanol–water partition coefficient (Wildman–Crippen LogP) is 5.43. The molecule has 2 aromatic rings. The Hall–Kier alpha value is -2.63. The topological polar surface area (TPSA) is 81.3 Å². The van der Waals surface area contributed by atoms with Crippen molar-refractivity contribution in [2.75, 3.05) is 7.11 Å². The van der Waals surface area contributed by atoms with Gasteiger partial charge in [-0.25, -0.2) is 4.79 Å². The van der Waals surface area contributed by atoms with Crippen molar-refractivity contribution in [3.63, 3.8) is 0 Å². The molecule has 7 atom stereocenters. The second-order valence-corrected chi connectivity index (χ2v) is 12.3. The molecule has 1 aromatic carbocycles. The molecule has 0 spiro atoms. The number of carbonyl (C=O) groups excluding carboxylic acids is 1. The number of carbonyl (C=O) groups is 1. The summed E-state index contributed by atoms with van der Waals surface area (Å²) in [6.45, 7) is 6.44. The van der Waals surface area contributed by atoms with Gasteiger partial charge in [0.05, 0.1) is 12.8 Å². The number of rotatable bonds is 3. The van der Waals surface area contributed by atoms with Gasteiger partial charge in [0.25, 0.3) is 0 Å². The van der Waals surface area contributed by atoms with Gasteiger partial charge >= 0.3 is 11.7 Å². The highest BCUT2D eigenvalue weighted by Crippen LogP contribution is 2.65. The Labute approximate surface area is 213 Å². The molecule has 4 aliphatic rings. The molecule has 1 N–H and O–H groups in total. The molecule has 3 fully saturated rings. The summed E-state index contributed by atoms with van der Waals surface area (Å²) in [6, 6.07) is 7.92. The summed E-state index contributed by atoms with van der Waals surface area (Å²) in [7, 11) is 1.66. The Morgan fingerprint density at radius 1 is 1.06 bits per heavy atom. The Balaban J connectivity index is 1.32. The number of ether oxygens (including phenoxy) is 2. The predicted molar refractivity (Wildman–Crippen MR) is 138 cm³/mol. The summed E-state index contributed by atoms with van der Waals surface area (Å²) in [6.07, 6.45) is 8.94. The fourth-order valence-corrected chi connectivity index (χ4v) is 8.96. The molecule has 4 aliphatic carbocycles. The molecule has 0 bridgehead atoms. The van der Waals surface area contributed by atoms with E-state index in [1.807, 2.05) is 24.3 Å². The van der Waals surface area contributed by atoms with Crippen molar-refractivity contribution in [2.45, 2.75) is 83.7 Å². The Morgan fingerprint density at radius 2 is 1.83 bits per heavy atom. The maximum Gasteiger partial charge on any atom is 0.345 e. The van der Waals surface area contributed by atoms with E-state index >= 15 is 0 Å². The lowest BCUT2D eigenvalue weighted by atomic mass is 9.45. The van der Waals surface area contributed by atoms with Crippen molar-refractivity contribution in [3.05, 3.63) is 46.0 Å². The van der Waals surface area contributed by atoms with Gasteiger partial charge in [0.2, 0.25) is 0 Å². The van der Waals surface area contributed by atoms with Crippen LogP contribution in [0.4, 0.5) is 0 Å². The van der Waals surface area contributed by atoms with Crippen molar-refractivity contribution in [3.8, 4) is 17.0 Å². The average Bonchev–Trinajstić information content (AvgIpc) is 3.16. The van der Waals surface area contributed by atoms with Gasteiger partial charge in [0.15, 0.2) is 0 Å². The van der Waals surface area contributed by atoms with E-state index in [4.69, 9.17) is 9.47 Å². The van der Waals surface area contributed by atoms with Gasteiger partial charge in [-0.05, 0) is 110 Å². The zero-order valence-corrected chi connectivity index (χ0v) is 21.9. The van der Waals surface area contributed by atoms with E-state index in [0.29, 0.717) is 29.1 Å². The smallest absolute Gasteiger partial charge is 0.345 e. The number of nitrogens with zero attached hydrogens (tertiary/aromatic N) is 1. The highest BCUT2D eigenvalue weighted by Gasteiger charge is 2.60. The highest BCUT2D eigenvalue weighted by atomic mass is 16.5. The third-order valence-corrected chi connectivity index (χ3v) is 10.7. The number of methoxy groups -OCH3 is 1. The molecule has 6 nitrogen and oxygen atoms in total. The normalized spacial score (nSPS) is 36.7. The molecular weight excluding hydrogens is 452 g/mol. The van der Waals surface area contributed by atoms with Crippen LogP contribution in [0.25, 0.3) is 11.3 Å². The summed E-state index contributed by atoms with van der Waals surface area (Å²) < 4.78 is 11.0. The second kappa shape index (κ2) is 8.46. The quantitative estimate of drug-likeness (QED) is 0.580. The first-order chi connectivity index (χ1) is 17.2. The van der Waals surface area contributed by atoms with Gasteiger partial charge in [-0.3, -0.25) is 4.79 Å². The van der Waals surface area contributed by atoms with Gasteiger partial charge in [0.1, 0.15) is 11.9 Å². The SMILES string of the molecule is COc1ccc(-c2nc(=O)[nH]c3c2C[C@H]2[C@@H]4CC[C@H]5C[C@@H](OC(C)=O)CC[C@]5(C)[C@H]4CC[C@]32C)cc1. The summed E-state index contributed by atoms with van der Waals surface area (Å²) in [5.41, 5.74) is 4.23. The van der Waals surface area contributed by atoms with E-state index in [-0.39, 0.29) is 23.2 Å². The van der Waals surface area contributed by atoms with E-state index in [1.165, 1.54) is 31.7 Å². The van der Waals surface area contributed by atoms with Crippen LogP contribution < -0.4 is 10.4 Å². The molecule has 36 heavy (non-hydrogen) atoms. The van der Waals surface area contributed by atoms with E-state index in [0.717, 1.165) is 54.8 Å². The number of benzene rings is 1. The largest absolute Gasteiger partial charge is 0.497 e. The highest BCUT2D eigenvalue weighted by molar-refractivity contribution is 5.67. The molecule has 0 radical (unpaired) electrons. The van der Waals surface area contributed by atoms with Crippen LogP contribution in [0, 0.1) is 29.1 Å². The molecule has 0 aliphatic heterocycles. The van der Waals surface area contributed by atoms with Gasteiger partial charge in [-0.1, -0.05) is 13.8 Å². The molecule has 6 heteroatoms. The molecule has 0 unspecified atom stereocenters. The molecular formula is C30H38N2O4. The van der Waals surface area contributed by atoms with Crippen molar-refractivity contribution in [1.29, 1.82) is 0 Å². The number of H-pyrrole nitrogens is 1. The third-order valence-electron chi connectivity index (χ3n) is 10.7. The first-order valence-electron chi connectivity index (χ1n) is 13.7. The van der Waals surface area contributed by atoms with Crippen LogP contribution in [0.5, 0.6) is 5.75 Å². The zero-order chi connectivity index (χ0) is 25.2. The minimum absolute atomic E-state index is 0.0159. The molecule has 3 saturated carbocycles. The third kappa shape index (κ3) is 3.54. The first-order valence-corrected chi connectivity index (χ1v) is 13.7. The van der Waals surface area contributed by atoms with Crippen molar-refractivity contribution >= 4 is 5.97 Å². The van der Waals surface area contributed by atoms with Crippen molar-refractivity contribution in [2.24, 2.45) is 29.1 Å². The Morgan fingerprint density at radius 3 is 2.56 bits per heavy atom. The number of hydrogen-bond donors (Lipinski definition) is 1. The summed E-state index contributed by atoms with van der Waals surface area (Å²) in [5.74, 6) is 3.14. The van der Waals surface area contributed by atoms with Crippen LogP contribution in [0.3, 0.4) is 0 Å². The van der Waals surface area contributed by atoms with Crippen molar-refractivity contribution in [1.82, 2.24) is 9.97 Å². The second-order valence-electron chi connectivity index (χ2n) is 12.3. The van der Waals surface area contributed by atoms with Crippen molar-refractivity contribution < 1.29 is 14.3 Å². The Kier molecular flexibility index (Phi) is 5.58. The van der Waals surface area contributed by atoms with E-state index in [1.54, 1.807) is 7.11 Å². The molecule has 192 valence electrons. The molecule has 0 saturated heterocycles. The average molecular weight is 491 g/mol. The monoisotopic (exact) mass is 490 g/mol. The molecule has 1 aromatic heterocycles. The minimum atomic E-state index is -0.247. The zero-order valence-electron chi connectivity index (χ0n) is 21.9. The Bertz CT molecular complexity index is 1240. The van der Waals surface area contributed by atoms with Gasteiger partial charge in [0, 0.05) is 23.6 Å².